The Morgan fingerprint density at radius 1 is 0.812 bits per heavy atom. The fourth-order valence-electron chi connectivity index (χ4n) is 1.32. The van der Waals surface area contributed by atoms with Gasteiger partial charge in [0.05, 0.1) is 0 Å². The average molecular weight is 218 g/mol. The van der Waals surface area contributed by atoms with Gasteiger partial charge in [0.2, 0.25) is 0 Å². The summed E-state index contributed by atoms with van der Waals surface area (Å²) in [5.74, 6) is 0. The first kappa shape index (κ1) is 12.7. The summed E-state index contributed by atoms with van der Waals surface area (Å²) in [6, 6.07) is 6.57. The molecule has 0 saturated heterocycles. The van der Waals surface area contributed by atoms with Crippen LogP contribution >= 0.6 is 0 Å². The minimum atomic E-state index is -1.69. The van der Waals surface area contributed by atoms with Crippen molar-refractivity contribution in [3.05, 3.63) is 48.6 Å². The lowest BCUT2D eigenvalue weighted by Gasteiger charge is -2.12. The molecule has 1 aromatic rings. The third-order valence-electron chi connectivity index (χ3n) is 2.24. The Kier molecular flexibility index (Phi) is 4.09. The van der Waals surface area contributed by atoms with Gasteiger partial charge in [-0.05, 0) is 22.1 Å². The van der Waals surface area contributed by atoms with Gasteiger partial charge in [-0.15, -0.1) is 0 Å². The molecule has 0 unspecified atom stereocenters. The van der Waals surface area contributed by atoms with Crippen molar-refractivity contribution in [3.63, 3.8) is 0 Å². The van der Waals surface area contributed by atoms with Gasteiger partial charge < -0.3 is 20.1 Å². The largest absolute Gasteiger partial charge is 0.488 e. The highest BCUT2D eigenvalue weighted by Crippen LogP contribution is 2.24. The zero-order chi connectivity index (χ0) is 12.3. The zero-order valence-corrected chi connectivity index (χ0v) is 8.67. The monoisotopic (exact) mass is 218 g/mol. The Morgan fingerprint density at radius 2 is 1.12 bits per heavy atom. The predicted molar refractivity (Wildman–Crippen MR) is 64.9 cm³/mol. The van der Waals surface area contributed by atoms with E-state index in [9.17, 15) is 0 Å². The van der Waals surface area contributed by atoms with Crippen molar-refractivity contribution in [2.45, 2.75) is 0 Å². The lowest BCUT2D eigenvalue weighted by Crippen LogP contribution is -2.18. The lowest BCUT2D eigenvalue weighted by molar-refractivity contribution is 0.425. The molecule has 0 amide bonds. The van der Waals surface area contributed by atoms with Gasteiger partial charge in [0.1, 0.15) is 0 Å². The number of benzene rings is 1. The van der Waals surface area contributed by atoms with Crippen molar-refractivity contribution in [1.82, 2.24) is 0 Å². The Balaban J connectivity index is 3.20. The van der Waals surface area contributed by atoms with Crippen LogP contribution in [0.25, 0.3) is 10.9 Å². The molecule has 16 heavy (non-hydrogen) atoms. The standard InChI is InChI=1S/C10H12B2O4/c1-7(11(13)14)9-5-3-4-6-10(9)8(2)12(15)16/h3-6,13-16H,1-2H2. The van der Waals surface area contributed by atoms with Crippen LogP contribution in [-0.2, 0) is 0 Å². The van der Waals surface area contributed by atoms with E-state index in [1.54, 1.807) is 24.3 Å². The van der Waals surface area contributed by atoms with Crippen LogP contribution in [0.5, 0.6) is 0 Å². The van der Waals surface area contributed by atoms with Gasteiger partial charge in [0.15, 0.2) is 0 Å². The van der Waals surface area contributed by atoms with Crippen molar-refractivity contribution < 1.29 is 20.1 Å². The van der Waals surface area contributed by atoms with Crippen LogP contribution in [0.1, 0.15) is 11.1 Å². The minimum absolute atomic E-state index is 0.0809. The third kappa shape index (κ3) is 2.62. The SMILES string of the molecule is C=C(B(O)O)c1ccccc1C(=C)B(O)O. The van der Waals surface area contributed by atoms with Gasteiger partial charge >= 0.3 is 14.2 Å². The zero-order valence-electron chi connectivity index (χ0n) is 8.67. The highest BCUT2D eigenvalue weighted by molar-refractivity contribution is 6.68. The van der Waals surface area contributed by atoms with Crippen molar-refractivity contribution in [3.8, 4) is 0 Å². The van der Waals surface area contributed by atoms with Gasteiger partial charge in [0.25, 0.3) is 0 Å². The van der Waals surface area contributed by atoms with Crippen LogP contribution in [0.2, 0.25) is 0 Å². The van der Waals surface area contributed by atoms with Crippen LogP contribution in [0.15, 0.2) is 37.4 Å². The van der Waals surface area contributed by atoms with E-state index in [2.05, 4.69) is 13.2 Å². The summed E-state index contributed by atoms with van der Waals surface area (Å²) in [5, 5.41) is 36.1. The fraction of sp³-hybridized carbons (Fsp3) is 0. The molecule has 0 spiro atoms. The van der Waals surface area contributed by atoms with Crippen molar-refractivity contribution in [2.24, 2.45) is 0 Å². The molecule has 0 fully saturated rings. The number of rotatable bonds is 4. The van der Waals surface area contributed by atoms with E-state index in [1.165, 1.54) is 0 Å². The molecule has 82 valence electrons. The fourth-order valence-corrected chi connectivity index (χ4v) is 1.32. The number of hydrogen-bond donors (Lipinski definition) is 4. The Labute approximate surface area is 94.5 Å². The third-order valence-corrected chi connectivity index (χ3v) is 2.24. The quantitative estimate of drug-likeness (QED) is 0.524. The first-order valence-electron chi connectivity index (χ1n) is 4.64. The normalized spacial score (nSPS) is 9.75. The molecule has 4 N–H and O–H groups in total. The summed E-state index contributed by atoms with van der Waals surface area (Å²) in [6.07, 6.45) is 0. The highest BCUT2D eigenvalue weighted by atomic mass is 16.4. The Bertz CT molecular complexity index is 376. The molecule has 6 heteroatoms. The van der Waals surface area contributed by atoms with E-state index in [0.717, 1.165) is 0 Å². The molecule has 0 aromatic heterocycles. The second kappa shape index (κ2) is 5.14. The van der Waals surface area contributed by atoms with Crippen molar-refractivity contribution in [2.75, 3.05) is 0 Å². The summed E-state index contributed by atoms with van der Waals surface area (Å²) < 4.78 is 0. The molecule has 0 bridgehead atoms. The maximum Gasteiger partial charge on any atom is 0.488 e. The molecular formula is C10H12B2O4. The first-order chi connectivity index (χ1) is 7.45. The molecule has 0 aliphatic rings. The highest BCUT2D eigenvalue weighted by Gasteiger charge is 2.22. The van der Waals surface area contributed by atoms with Crippen LogP contribution in [-0.4, -0.2) is 34.3 Å². The summed E-state index contributed by atoms with van der Waals surface area (Å²) >= 11 is 0. The Morgan fingerprint density at radius 3 is 1.38 bits per heavy atom. The molecule has 0 radical (unpaired) electrons. The molecule has 0 aliphatic carbocycles. The Hall–Kier alpha value is -1.33. The van der Waals surface area contributed by atoms with E-state index in [4.69, 9.17) is 20.1 Å². The van der Waals surface area contributed by atoms with Gasteiger partial charge in [-0.2, -0.15) is 0 Å². The summed E-state index contributed by atoms with van der Waals surface area (Å²) in [6.45, 7) is 7.04. The van der Waals surface area contributed by atoms with E-state index >= 15 is 0 Å². The van der Waals surface area contributed by atoms with Gasteiger partial charge in [0, 0.05) is 0 Å². The van der Waals surface area contributed by atoms with Crippen LogP contribution in [0.3, 0.4) is 0 Å². The second-order valence-electron chi connectivity index (χ2n) is 3.34. The van der Waals surface area contributed by atoms with E-state index < -0.39 is 14.2 Å². The van der Waals surface area contributed by atoms with E-state index in [0.29, 0.717) is 11.1 Å². The molecule has 1 rings (SSSR count). The lowest BCUT2D eigenvalue weighted by atomic mass is 9.69. The molecule has 0 heterocycles. The molecule has 0 atom stereocenters. The minimum Gasteiger partial charge on any atom is -0.423 e. The van der Waals surface area contributed by atoms with Crippen LogP contribution < -0.4 is 0 Å². The van der Waals surface area contributed by atoms with Crippen molar-refractivity contribution in [1.29, 1.82) is 0 Å². The smallest absolute Gasteiger partial charge is 0.423 e. The van der Waals surface area contributed by atoms with Crippen LogP contribution in [0, 0.1) is 0 Å². The predicted octanol–water partition coefficient (Wildman–Crippen LogP) is -0.263. The molecule has 1 aromatic carbocycles. The maximum atomic E-state index is 9.02. The van der Waals surface area contributed by atoms with Gasteiger partial charge in [-0.3, -0.25) is 0 Å². The van der Waals surface area contributed by atoms with Crippen molar-refractivity contribution >= 4 is 25.2 Å². The average Bonchev–Trinajstić information content (AvgIpc) is 2.26. The molecule has 0 saturated carbocycles. The maximum absolute atomic E-state index is 9.02. The van der Waals surface area contributed by atoms with E-state index in [1.807, 2.05) is 0 Å². The van der Waals surface area contributed by atoms with Gasteiger partial charge in [-0.1, -0.05) is 37.4 Å². The van der Waals surface area contributed by atoms with E-state index in [-0.39, 0.29) is 10.9 Å². The first-order valence-corrected chi connectivity index (χ1v) is 4.64. The van der Waals surface area contributed by atoms with Crippen LogP contribution in [0.4, 0.5) is 0 Å². The summed E-state index contributed by atoms with van der Waals surface area (Å²) in [5.41, 5.74) is 1.01. The second-order valence-corrected chi connectivity index (χ2v) is 3.34. The molecular weight excluding hydrogens is 206 g/mol. The topological polar surface area (TPSA) is 80.9 Å². The summed E-state index contributed by atoms with van der Waals surface area (Å²) in [4.78, 5) is 0. The molecule has 0 aliphatic heterocycles. The summed E-state index contributed by atoms with van der Waals surface area (Å²) in [7, 11) is -3.38. The number of hydrogen-bond acceptors (Lipinski definition) is 4. The van der Waals surface area contributed by atoms with Gasteiger partial charge in [-0.25, -0.2) is 0 Å². The molecule has 4 nitrogen and oxygen atoms in total.